The van der Waals surface area contributed by atoms with E-state index in [4.69, 9.17) is 4.74 Å². The normalized spacial score (nSPS) is 28.8. The van der Waals surface area contributed by atoms with E-state index in [0.717, 1.165) is 6.42 Å². The van der Waals surface area contributed by atoms with Gasteiger partial charge in [0.15, 0.2) is 0 Å². The summed E-state index contributed by atoms with van der Waals surface area (Å²) < 4.78 is 5.51. The quantitative estimate of drug-likeness (QED) is 0.596. The van der Waals surface area contributed by atoms with Crippen LogP contribution in [0.5, 0.6) is 0 Å². The summed E-state index contributed by atoms with van der Waals surface area (Å²) in [6.07, 6.45) is 2.12. The van der Waals surface area contributed by atoms with Gasteiger partial charge in [-0.1, -0.05) is 32.0 Å². The topological polar surface area (TPSA) is 12.5 Å². The maximum Gasteiger partial charge on any atom is 0.110 e. The molecule has 1 heterocycles. The van der Waals surface area contributed by atoms with Gasteiger partial charge in [0, 0.05) is 6.42 Å². The zero-order chi connectivity index (χ0) is 9.00. The molecule has 0 aromatic heterocycles. The first-order chi connectivity index (χ1) is 6.27. The number of ether oxygens (including phenoxy) is 1. The fourth-order valence-electron chi connectivity index (χ4n) is 2.44. The third-order valence-corrected chi connectivity index (χ3v) is 3.16. The first-order valence-corrected chi connectivity index (χ1v) is 5.04. The van der Waals surface area contributed by atoms with Gasteiger partial charge in [0.05, 0.1) is 6.10 Å². The maximum absolute atomic E-state index is 5.51. The minimum Gasteiger partial charge on any atom is -0.364 e. The number of fused-ring (bicyclic) bond motifs is 3. The molecule has 0 unspecified atom stereocenters. The average molecular weight is 174 g/mol. The summed E-state index contributed by atoms with van der Waals surface area (Å²) in [5.41, 5.74) is 4.54. The molecule has 0 N–H and O–H groups in total. The lowest BCUT2D eigenvalue weighted by Gasteiger charge is -2.12. The molecule has 2 aliphatic rings. The van der Waals surface area contributed by atoms with E-state index in [0.29, 0.717) is 18.1 Å². The lowest BCUT2D eigenvalue weighted by atomic mass is 9.94. The van der Waals surface area contributed by atoms with E-state index in [1.807, 2.05) is 0 Å². The molecule has 1 fully saturated rings. The van der Waals surface area contributed by atoms with Crippen LogP contribution in [0.1, 0.15) is 42.6 Å². The van der Waals surface area contributed by atoms with Crippen molar-refractivity contribution in [3.05, 3.63) is 34.9 Å². The number of epoxide rings is 1. The van der Waals surface area contributed by atoms with Crippen LogP contribution in [0.15, 0.2) is 18.2 Å². The van der Waals surface area contributed by atoms with Gasteiger partial charge in [-0.15, -0.1) is 0 Å². The van der Waals surface area contributed by atoms with Crippen molar-refractivity contribution in [1.29, 1.82) is 0 Å². The molecule has 2 atom stereocenters. The Bertz CT molecular complexity index is 354. The molecule has 1 aromatic rings. The van der Waals surface area contributed by atoms with E-state index in [1.165, 1.54) is 11.1 Å². The van der Waals surface area contributed by atoms with Gasteiger partial charge >= 0.3 is 0 Å². The number of hydrogen-bond acceptors (Lipinski definition) is 1. The van der Waals surface area contributed by atoms with Gasteiger partial charge in [0.25, 0.3) is 0 Å². The molecule has 13 heavy (non-hydrogen) atoms. The summed E-state index contributed by atoms with van der Waals surface area (Å²) in [4.78, 5) is 0. The molecule has 1 aromatic carbocycles. The van der Waals surface area contributed by atoms with Gasteiger partial charge in [-0.25, -0.2) is 0 Å². The van der Waals surface area contributed by atoms with Crippen LogP contribution in [0, 0.1) is 0 Å². The van der Waals surface area contributed by atoms with Crippen LogP contribution in [0.25, 0.3) is 0 Å². The zero-order valence-corrected chi connectivity index (χ0v) is 8.08. The molecule has 1 saturated heterocycles. The average Bonchev–Trinajstić information content (AvgIpc) is 2.78. The van der Waals surface area contributed by atoms with Gasteiger partial charge in [0.2, 0.25) is 0 Å². The highest BCUT2D eigenvalue weighted by Gasteiger charge is 2.47. The standard InChI is InChI=1S/C12H14O/c1-7(2)8-4-3-5-9-10(8)6-11-12(9)13-11/h3-5,7,11-12H,6H2,1-2H3/t11-,12+/m0/s1. The van der Waals surface area contributed by atoms with Crippen molar-refractivity contribution >= 4 is 0 Å². The first-order valence-electron chi connectivity index (χ1n) is 5.04. The van der Waals surface area contributed by atoms with E-state index in [9.17, 15) is 0 Å². The van der Waals surface area contributed by atoms with Gasteiger partial charge in [0.1, 0.15) is 6.10 Å². The minimum absolute atomic E-state index is 0.452. The molecule has 3 rings (SSSR count). The highest BCUT2D eigenvalue weighted by molar-refractivity contribution is 5.45. The summed E-state index contributed by atoms with van der Waals surface area (Å²) in [7, 11) is 0. The Morgan fingerprint density at radius 3 is 3.00 bits per heavy atom. The van der Waals surface area contributed by atoms with Crippen molar-refractivity contribution in [2.24, 2.45) is 0 Å². The Morgan fingerprint density at radius 2 is 2.23 bits per heavy atom. The van der Waals surface area contributed by atoms with E-state index in [1.54, 1.807) is 5.56 Å². The lowest BCUT2D eigenvalue weighted by Crippen LogP contribution is -1.98. The predicted octanol–water partition coefficient (Wildman–Crippen LogP) is 2.81. The summed E-state index contributed by atoms with van der Waals surface area (Å²) >= 11 is 0. The molecule has 0 spiro atoms. The molecule has 1 heteroatoms. The Kier molecular flexibility index (Phi) is 1.37. The monoisotopic (exact) mass is 174 g/mol. The smallest absolute Gasteiger partial charge is 0.110 e. The highest BCUT2D eigenvalue weighted by Crippen LogP contribution is 2.50. The zero-order valence-electron chi connectivity index (χ0n) is 8.08. The second-order valence-electron chi connectivity index (χ2n) is 4.37. The van der Waals surface area contributed by atoms with Crippen molar-refractivity contribution in [3.8, 4) is 0 Å². The molecule has 0 amide bonds. The maximum atomic E-state index is 5.51. The van der Waals surface area contributed by atoms with Crippen molar-refractivity contribution in [2.45, 2.75) is 38.4 Å². The molecule has 0 bridgehead atoms. The van der Waals surface area contributed by atoms with Gasteiger partial charge in [-0.2, -0.15) is 0 Å². The Labute approximate surface area is 78.7 Å². The van der Waals surface area contributed by atoms with Crippen LogP contribution < -0.4 is 0 Å². The third kappa shape index (κ3) is 0.969. The van der Waals surface area contributed by atoms with Crippen molar-refractivity contribution < 1.29 is 4.74 Å². The van der Waals surface area contributed by atoms with Crippen LogP contribution in [0.4, 0.5) is 0 Å². The second kappa shape index (κ2) is 2.36. The summed E-state index contributed by atoms with van der Waals surface area (Å²) in [6, 6.07) is 6.64. The van der Waals surface area contributed by atoms with Crippen LogP contribution in [0.3, 0.4) is 0 Å². The minimum atomic E-state index is 0.452. The van der Waals surface area contributed by atoms with Crippen LogP contribution in [-0.2, 0) is 11.2 Å². The molecular formula is C12H14O. The molecule has 0 saturated carbocycles. The molecule has 1 aliphatic carbocycles. The fraction of sp³-hybridized carbons (Fsp3) is 0.500. The Hall–Kier alpha value is -0.820. The summed E-state index contributed by atoms with van der Waals surface area (Å²) in [5, 5.41) is 0. The Balaban J connectivity index is 2.13. The van der Waals surface area contributed by atoms with Gasteiger partial charge in [-0.3, -0.25) is 0 Å². The molecule has 68 valence electrons. The number of rotatable bonds is 1. The van der Waals surface area contributed by atoms with Crippen molar-refractivity contribution in [3.63, 3.8) is 0 Å². The molecular weight excluding hydrogens is 160 g/mol. The van der Waals surface area contributed by atoms with E-state index in [2.05, 4.69) is 32.0 Å². The third-order valence-electron chi connectivity index (χ3n) is 3.16. The molecule has 1 aliphatic heterocycles. The van der Waals surface area contributed by atoms with Crippen molar-refractivity contribution in [1.82, 2.24) is 0 Å². The lowest BCUT2D eigenvalue weighted by molar-refractivity contribution is 0.360. The van der Waals surface area contributed by atoms with Gasteiger partial charge < -0.3 is 4.74 Å². The van der Waals surface area contributed by atoms with Crippen molar-refractivity contribution in [2.75, 3.05) is 0 Å². The van der Waals surface area contributed by atoms with Crippen LogP contribution >= 0.6 is 0 Å². The van der Waals surface area contributed by atoms with Crippen LogP contribution in [-0.4, -0.2) is 6.10 Å². The highest BCUT2D eigenvalue weighted by atomic mass is 16.6. The largest absolute Gasteiger partial charge is 0.364 e. The van der Waals surface area contributed by atoms with E-state index in [-0.39, 0.29) is 0 Å². The van der Waals surface area contributed by atoms with Crippen LogP contribution in [0.2, 0.25) is 0 Å². The van der Waals surface area contributed by atoms with Gasteiger partial charge in [-0.05, 0) is 22.6 Å². The number of benzene rings is 1. The van der Waals surface area contributed by atoms with E-state index >= 15 is 0 Å². The molecule has 0 radical (unpaired) electrons. The fourth-order valence-corrected chi connectivity index (χ4v) is 2.44. The first kappa shape index (κ1) is 7.57. The predicted molar refractivity (Wildman–Crippen MR) is 51.8 cm³/mol. The Morgan fingerprint density at radius 1 is 1.38 bits per heavy atom. The summed E-state index contributed by atoms with van der Waals surface area (Å²) in [5.74, 6) is 0.646. The summed E-state index contributed by atoms with van der Waals surface area (Å²) in [6.45, 7) is 4.53. The SMILES string of the molecule is CC(C)c1cccc2c1C[C@@H]1O[C@H]21. The number of hydrogen-bond donors (Lipinski definition) is 0. The van der Waals surface area contributed by atoms with E-state index < -0.39 is 0 Å². The molecule has 1 nitrogen and oxygen atoms in total. The second-order valence-corrected chi connectivity index (χ2v) is 4.37.